The molecule has 0 atom stereocenters. The van der Waals surface area contributed by atoms with Crippen LogP contribution in [0.1, 0.15) is 15.9 Å². The van der Waals surface area contributed by atoms with Crippen LogP contribution >= 0.6 is 11.6 Å². The topological polar surface area (TPSA) is 94.6 Å². The maximum Gasteiger partial charge on any atom is 0.573 e. The Balaban J connectivity index is 2.01. The fraction of sp³-hybridized carbons (Fsp3) is 0.143. The van der Waals surface area contributed by atoms with Gasteiger partial charge in [0.15, 0.2) is 9.84 Å². The monoisotopic (exact) mass is 572 g/mol. The van der Waals surface area contributed by atoms with E-state index in [2.05, 4.69) is 9.72 Å². The molecule has 0 fully saturated rings. The summed E-state index contributed by atoms with van der Waals surface area (Å²) in [6.45, 7) is 0. The van der Waals surface area contributed by atoms with E-state index in [1.54, 1.807) is 0 Å². The molecule has 1 heterocycles. The number of ether oxygens (including phenoxy) is 2. The van der Waals surface area contributed by atoms with Gasteiger partial charge in [-0.15, -0.1) is 13.2 Å². The van der Waals surface area contributed by atoms with Gasteiger partial charge in [0.2, 0.25) is 5.88 Å². The number of hydrogen-bond acceptors (Lipinski definition) is 6. The van der Waals surface area contributed by atoms with Crippen LogP contribution < -0.4 is 14.8 Å². The first kappa shape index (κ1) is 28.0. The third-order valence-electron chi connectivity index (χ3n) is 4.38. The molecule has 16 heteroatoms. The summed E-state index contributed by atoms with van der Waals surface area (Å²) in [5.74, 6) is -4.42. The summed E-state index contributed by atoms with van der Waals surface area (Å²) >= 11 is 5.87. The Morgan fingerprint density at radius 3 is 2.27 bits per heavy atom. The third-order valence-corrected chi connectivity index (χ3v) is 5.79. The number of sulfone groups is 1. The Bertz CT molecular complexity index is 1460. The number of amides is 1. The summed E-state index contributed by atoms with van der Waals surface area (Å²) in [6.07, 6.45) is -8.87. The van der Waals surface area contributed by atoms with Gasteiger partial charge in [-0.25, -0.2) is 17.8 Å². The second-order valence-electron chi connectivity index (χ2n) is 7.18. The minimum Gasteiger partial charge on any atom is -0.437 e. The first-order valence-electron chi connectivity index (χ1n) is 9.55. The van der Waals surface area contributed by atoms with Gasteiger partial charge in [-0.1, -0.05) is 11.6 Å². The van der Waals surface area contributed by atoms with Crippen LogP contribution in [0, 0.1) is 5.82 Å². The molecule has 0 bridgehead atoms. The number of halogens is 8. The number of pyridine rings is 1. The van der Waals surface area contributed by atoms with E-state index >= 15 is 0 Å². The standard InChI is InChI=1S/C21H12ClF7N2O5S/c1-37(33,34)12-3-4-15(23)16(8-12)31-18(32)13-6-10(20(24,25)26)9-30-19(13)35-17-5-2-11(7-14(17)22)36-21(27,28)29/h2-9H,1H3,(H,31,32). The van der Waals surface area contributed by atoms with Crippen molar-refractivity contribution >= 4 is 33.0 Å². The predicted molar refractivity (Wildman–Crippen MR) is 115 cm³/mol. The smallest absolute Gasteiger partial charge is 0.437 e. The summed E-state index contributed by atoms with van der Waals surface area (Å²) in [5, 5.41) is 1.47. The van der Waals surface area contributed by atoms with Crippen molar-refractivity contribution in [2.24, 2.45) is 0 Å². The number of carbonyl (C=O) groups excluding carboxylic acids is 1. The molecule has 0 spiro atoms. The normalized spacial score (nSPS) is 12.2. The number of hydrogen-bond donors (Lipinski definition) is 1. The number of nitrogens with one attached hydrogen (secondary N) is 1. The van der Waals surface area contributed by atoms with Crippen LogP contribution in [0.3, 0.4) is 0 Å². The van der Waals surface area contributed by atoms with Crippen LogP contribution in [0.15, 0.2) is 53.6 Å². The van der Waals surface area contributed by atoms with E-state index in [0.717, 1.165) is 36.6 Å². The Morgan fingerprint density at radius 2 is 1.70 bits per heavy atom. The Hall–Kier alpha value is -3.59. The van der Waals surface area contributed by atoms with E-state index in [-0.39, 0.29) is 0 Å². The minimum atomic E-state index is -5.03. The maximum absolute atomic E-state index is 14.2. The van der Waals surface area contributed by atoms with E-state index in [0.29, 0.717) is 18.3 Å². The van der Waals surface area contributed by atoms with Crippen molar-refractivity contribution in [1.82, 2.24) is 4.98 Å². The molecule has 3 rings (SSSR count). The quantitative estimate of drug-likeness (QED) is 0.278. The van der Waals surface area contributed by atoms with E-state index in [9.17, 15) is 43.9 Å². The molecular weight excluding hydrogens is 561 g/mol. The van der Waals surface area contributed by atoms with Crippen LogP contribution in [0.2, 0.25) is 5.02 Å². The fourth-order valence-electron chi connectivity index (χ4n) is 2.74. The lowest BCUT2D eigenvalue weighted by Crippen LogP contribution is -2.17. The van der Waals surface area contributed by atoms with Gasteiger partial charge in [0.25, 0.3) is 5.91 Å². The molecule has 0 saturated heterocycles. The van der Waals surface area contributed by atoms with Crippen molar-refractivity contribution in [2.45, 2.75) is 17.4 Å². The maximum atomic E-state index is 14.2. The largest absolute Gasteiger partial charge is 0.573 e. The predicted octanol–water partition coefficient (Wildman–Crippen LogP) is 6.24. The highest BCUT2D eigenvalue weighted by atomic mass is 35.5. The number of aromatic nitrogens is 1. The van der Waals surface area contributed by atoms with Crippen LogP contribution in [-0.4, -0.2) is 31.9 Å². The number of anilines is 1. The summed E-state index contributed by atoms with van der Waals surface area (Å²) < 4.78 is 124. The van der Waals surface area contributed by atoms with Crippen molar-refractivity contribution in [3.8, 4) is 17.4 Å². The van der Waals surface area contributed by atoms with Crippen molar-refractivity contribution in [2.75, 3.05) is 11.6 Å². The number of rotatable bonds is 6. The lowest BCUT2D eigenvalue weighted by molar-refractivity contribution is -0.274. The average molecular weight is 573 g/mol. The van der Waals surface area contributed by atoms with Gasteiger partial charge in [0.05, 0.1) is 21.2 Å². The molecule has 1 aromatic heterocycles. The second kappa shape index (κ2) is 10.0. The van der Waals surface area contributed by atoms with Gasteiger partial charge >= 0.3 is 12.5 Å². The molecule has 0 aliphatic heterocycles. The van der Waals surface area contributed by atoms with E-state index < -0.39 is 78.2 Å². The number of nitrogens with zero attached hydrogens (tertiary/aromatic N) is 1. The summed E-state index contributed by atoms with van der Waals surface area (Å²) in [5.41, 5.74) is -2.95. The minimum absolute atomic E-state index is 0.312. The van der Waals surface area contributed by atoms with Gasteiger partial charge in [-0.2, -0.15) is 13.2 Å². The van der Waals surface area contributed by atoms with Gasteiger partial charge in [-0.05, 0) is 36.4 Å². The van der Waals surface area contributed by atoms with E-state index in [4.69, 9.17) is 16.3 Å². The molecule has 7 nitrogen and oxygen atoms in total. The number of benzene rings is 2. The molecule has 0 unspecified atom stereocenters. The van der Waals surface area contributed by atoms with Crippen molar-refractivity contribution in [1.29, 1.82) is 0 Å². The SMILES string of the molecule is CS(=O)(=O)c1ccc(F)c(NC(=O)c2cc(C(F)(F)F)cnc2Oc2ccc(OC(F)(F)F)cc2Cl)c1. The highest BCUT2D eigenvalue weighted by Crippen LogP contribution is 2.37. The molecule has 198 valence electrons. The summed E-state index contributed by atoms with van der Waals surface area (Å²) in [4.78, 5) is 15.9. The first-order chi connectivity index (χ1) is 16.9. The molecule has 0 aliphatic carbocycles. The Labute approximate surface area is 208 Å². The van der Waals surface area contributed by atoms with Crippen molar-refractivity contribution in [3.05, 3.63) is 70.6 Å². The van der Waals surface area contributed by atoms with Crippen LogP contribution in [0.25, 0.3) is 0 Å². The molecule has 1 amide bonds. The molecule has 0 saturated carbocycles. The highest BCUT2D eigenvalue weighted by Gasteiger charge is 2.34. The highest BCUT2D eigenvalue weighted by molar-refractivity contribution is 7.90. The van der Waals surface area contributed by atoms with E-state index in [1.165, 1.54) is 0 Å². The van der Waals surface area contributed by atoms with Crippen LogP contribution in [-0.2, 0) is 16.0 Å². The van der Waals surface area contributed by atoms with Crippen LogP contribution in [0.5, 0.6) is 17.4 Å². The molecule has 37 heavy (non-hydrogen) atoms. The molecule has 0 radical (unpaired) electrons. The second-order valence-corrected chi connectivity index (χ2v) is 9.61. The van der Waals surface area contributed by atoms with Crippen molar-refractivity contribution < 1.29 is 53.4 Å². The number of carbonyl (C=O) groups is 1. The van der Waals surface area contributed by atoms with Gasteiger partial charge in [-0.3, -0.25) is 4.79 Å². The molecular formula is C21H12ClF7N2O5S. The van der Waals surface area contributed by atoms with Gasteiger partial charge in [0.1, 0.15) is 22.9 Å². The molecule has 1 N–H and O–H groups in total. The lowest BCUT2D eigenvalue weighted by Gasteiger charge is -2.15. The lowest BCUT2D eigenvalue weighted by atomic mass is 10.1. The molecule has 3 aromatic rings. The fourth-order valence-corrected chi connectivity index (χ4v) is 3.59. The van der Waals surface area contributed by atoms with Crippen molar-refractivity contribution in [3.63, 3.8) is 0 Å². The van der Waals surface area contributed by atoms with E-state index in [1.807, 2.05) is 5.32 Å². The Morgan fingerprint density at radius 1 is 1.03 bits per heavy atom. The average Bonchev–Trinajstić information content (AvgIpc) is 2.74. The number of alkyl halides is 6. The molecule has 0 aliphatic rings. The third kappa shape index (κ3) is 7.22. The first-order valence-corrected chi connectivity index (χ1v) is 11.8. The zero-order valence-corrected chi connectivity index (χ0v) is 19.6. The van der Waals surface area contributed by atoms with Crippen LogP contribution in [0.4, 0.5) is 36.4 Å². The summed E-state index contributed by atoms with van der Waals surface area (Å²) in [6, 6.07) is 5.06. The molecule has 2 aromatic carbocycles. The Kier molecular flexibility index (Phi) is 7.60. The summed E-state index contributed by atoms with van der Waals surface area (Å²) in [7, 11) is -3.84. The zero-order chi connectivity index (χ0) is 27.8. The van der Waals surface area contributed by atoms with Gasteiger partial charge < -0.3 is 14.8 Å². The van der Waals surface area contributed by atoms with Gasteiger partial charge in [0, 0.05) is 18.5 Å². The zero-order valence-electron chi connectivity index (χ0n) is 18.0.